The molecular weight excluding hydrogens is 270 g/mol. The summed E-state index contributed by atoms with van der Waals surface area (Å²) in [6.45, 7) is 2.07. The normalized spacial score (nSPS) is 19.8. The number of rotatable bonds is 4. The van der Waals surface area contributed by atoms with E-state index in [1.807, 2.05) is 30.3 Å². The summed E-state index contributed by atoms with van der Waals surface area (Å²) in [6.07, 6.45) is 1.24. The first kappa shape index (κ1) is 13.5. The van der Waals surface area contributed by atoms with E-state index in [-0.39, 0.29) is 6.10 Å². The molecule has 2 aromatic carbocycles. The van der Waals surface area contributed by atoms with Crippen LogP contribution in [0, 0.1) is 5.92 Å². The van der Waals surface area contributed by atoms with Crippen molar-refractivity contribution in [3.8, 4) is 5.75 Å². The molecule has 1 aliphatic rings. The molecule has 1 N–H and O–H groups in total. The van der Waals surface area contributed by atoms with Crippen molar-refractivity contribution in [2.75, 3.05) is 13.1 Å². The van der Waals surface area contributed by atoms with Gasteiger partial charge in [-0.25, -0.2) is 0 Å². The number of halogens is 1. The zero-order valence-corrected chi connectivity index (χ0v) is 12.0. The van der Waals surface area contributed by atoms with Crippen LogP contribution in [0.25, 0.3) is 0 Å². The first-order valence-corrected chi connectivity index (χ1v) is 7.38. The lowest BCUT2D eigenvalue weighted by molar-refractivity contribution is 0.144. The van der Waals surface area contributed by atoms with Gasteiger partial charge in [0.25, 0.3) is 0 Å². The van der Waals surface area contributed by atoms with Gasteiger partial charge < -0.3 is 10.1 Å². The van der Waals surface area contributed by atoms with Crippen molar-refractivity contribution in [2.45, 2.75) is 12.5 Å². The highest BCUT2D eigenvalue weighted by Gasteiger charge is 2.27. The smallest absolute Gasteiger partial charge is 0.128 e. The van der Waals surface area contributed by atoms with E-state index in [1.54, 1.807) is 0 Å². The molecule has 0 unspecified atom stereocenters. The molecule has 104 valence electrons. The fourth-order valence-corrected chi connectivity index (χ4v) is 2.80. The molecule has 1 aliphatic heterocycles. The molecule has 3 rings (SSSR count). The molecule has 0 bridgehead atoms. The minimum absolute atomic E-state index is 0.0902. The third-order valence-electron chi connectivity index (χ3n) is 3.73. The van der Waals surface area contributed by atoms with Crippen molar-refractivity contribution < 1.29 is 4.74 Å². The Balaban J connectivity index is 1.83. The van der Waals surface area contributed by atoms with Gasteiger partial charge in [0, 0.05) is 17.5 Å². The molecule has 20 heavy (non-hydrogen) atoms. The summed E-state index contributed by atoms with van der Waals surface area (Å²) in [5.74, 6) is 1.38. The van der Waals surface area contributed by atoms with Gasteiger partial charge in [0.1, 0.15) is 11.9 Å². The molecule has 2 aromatic rings. The lowest BCUT2D eigenvalue weighted by Gasteiger charge is -2.25. The highest BCUT2D eigenvalue weighted by molar-refractivity contribution is 6.30. The van der Waals surface area contributed by atoms with Gasteiger partial charge in [-0.1, -0.05) is 41.9 Å². The van der Waals surface area contributed by atoms with Crippen LogP contribution in [0.3, 0.4) is 0 Å². The van der Waals surface area contributed by atoms with E-state index in [0.29, 0.717) is 5.92 Å². The Hall–Kier alpha value is -1.51. The van der Waals surface area contributed by atoms with Gasteiger partial charge in [-0.2, -0.15) is 0 Å². The number of hydrogen-bond donors (Lipinski definition) is 1. The van der Waals surface area contributed by atoms with Crippen LogP contribution in [0.1, 0.15) is 18.1 Å². The molecule has 0 aliphatic carbocycles. The van der Waals surface area contributed by atoms with Gasteiger partial charge in [0.2, 0.25) is 0 Å². The summed E-state index contributed by atoms with van der Waals surface area (Å²) in [5.41, 5.74) is 1.23. The summed E-state index contributed by atoms with van der Waals surface area (Å²) in [7, 11) is 0. The largest absolute Gasteiger partial charge is 0.485 e. The SMILES string of the molecule is Clc1ccc(O[C@H](c2ccccc2)[C@@H]2CCNC2)cc1. The van der Waals surface area contributed by atoms with Gasteiger partial charge >= 0.3 is 0 Å². The van der Waals surface area contributed by atoms with Crippen molar-refractivity contribution in [1.29, 1.82) is 0 Å². The first-order chi connectivity index (χ1) is 9.83. The monoisotopic (exact) mass is 287 g/mol. The van der Waals surface area contributed by atoms with Gasteiger partial charge in [-0.05, 0) is 42.8 Å². The summed E-state index contributed by atoms with van der Waals surface area (Å²) < 4.78 is 6.24. The Labute approximate surface area is 124 Å². The second-order valence-corrected chi connectivity index (χ2v) is 5.59. The summed E-state index contributed by atoms with van der Waals surface area (Å²) in [6, 6.07) is 18.0. The third-order valence-corrected chi connectivity index (χ3v) is 3.98. The maximum atomic E-state index is 6.24. The van der Waals surface area contributed by atoms with Gasteiger partial charge in [-0.3, -0.25) is 0 Å². The zero-order chi connectivity index (χ0) is 13.8. The first-order valence-electron chi connectivity index (χ1n) is 7.01. The minimum Gasteiger partial charge on any atom is -0.485 e. The average molecular weight is 288 g/mol. The van der Waals surface area contributed by atoms with Crippen LogP contribution >= 0.6 is 11.6 Å². The van der Waals surface area contributed by atoms with Crippen molar-refractivity contribution in [3.63, 3.8) is 0 Å². The summed E-state index contributed by atoms with van der Waals surface area (Å²) in [4.78, 5) is 0. The van der Waals surface area contributed by atoms with Crippen LogP contribution < -0.4 is 10.1 Å². The van der Waals surface area contributed by atoms with Gasteiger partial charge in [0.05, 0.1) is 0 Å². The number of benzene rings is 2. The standard InChI is InChI=1S/C17H18ClNO/c18-15-6-8-16(9-7-15)20-17(14-10-11-19-12-14)13-4-2-1-3-5-13/h1-9,14,17,19H,10-12H2/t14-,17-/m1/s1. The number of ether oxygens (including phenoxy) is 1. The lowest BCUT2D eigenvalue weighted by Crippen LogP contribution is -2.21. The van der Waals surface area contributed by atoms with Crippen molar-refractivity contribution in [2.24, 2.45) is 5.92 Å². The Morgan fingerprint density at radius 2 is 1.80 bits per heavy atom. The molecule has 1 saturated heterocycles. The quantitative estimate of drug-likeness (QED) is 0.915. The maximum absolute atomic E-state index is 6.24. The number of nitrogens with one attached hydrogen (secondary N) is 1. The molecule has 0 saturated carbocycles. The van der Waals surface area contributed by atoms with E-state index in [1.165, 1.54) is 5.56 Å². The van der Waals surface area contributed by atoms with Crippen LogP contribution in [0.5, 0.6) is 5.75 Å². The van der Waals surface area contributed by atoms with Crippen molar-refractivity contribution >= 4 is 11.6 Å². The Kier molecular flexibility index (Phi) is 4.24. The molecule has 1 fully saturated rings. The van der Waals surface area contributed by atoms with Crippen LogP contribution in [0.4, 0.5) is 0 Å². The predicted octanol–water partition coefficient (Wildman–Crippen LogP) is 4.07. The fourth-order valence-electron chi connectivity index (χ4n) is 2.67. The molecule has 3 heteroatoms. The second kappa shape index (κ2) is 6.29. The summed E-state index contributed by atoms with van der Waals surface area (Å²) >= 11 is 5.93. The molecule has 0 amide bonds. The Morgan fingerprint density at radius 3 is 2.45 bits per heavy atom. The van der Waals surface area contributed by atoms with Crippen LogP contribution in [0.2, 0.25) is 5.02 Å². The molecule has 0 aromatic heterocycles. The van der Waals surface area contributed by atoms with E-state index in [0.717, 1.165) is 30.3 Å². The highest BCUT2D eigenvalue weighted by atomic mass is 35.5. The van der Waals surface area contributed by atoms with Crippen LogP contribution in [-0.4, -0.2) is 13.1 Å². The molecular formula is C17H18ClNO. The van der Waals surface area contributed by atoms with Crippen LogP contribution in [-0.2, 0) is 0 Å². The van der Waals surface area contributed by atoms with Gasteiger partial charge in [0.15, 0.2) is 0 Å². The molecule has 2 nitrogen and oxygen atoms in total. The second-order valence-electron chi connectivity index (χ2n) is 5.16. The minimum atomic E-state index is 0.0902. The van der Waals surface area contributed by atoms with E-state index >= 15 is 0 Å². The average Bonchev–Trinajstić information content (AvgIpc) is 3.01. The van der Waals surface area contributed by atoms with Gasteiger partial charge in [-0.15, -0.1) is 0 Å². The maximum Gasteiger partial charge on any atom is 0.128 e. The van der Waals surface area contributed by atoms with E-state index in [4.69, 9.17) is 16.3 Å². The van der Waals surface area contributed by atoms with E-state index in [2.05, 4.69) is 29.6 Å². The van der Waals surface area contributed by atoms with Crippen LogP contribution in [0.15, 0.2) is 54.6 Å². The fraction of sp³-hybridized carbons (Fsp3) is 0.294. The molecule has 2 atom stereocenters. The summed E-state index contributed by atoms with van der Waals surface area (Å²) in [5, 5.41) is 4.15. The van der Waals surface area contributed by atoms with E-state index in [9.17, 15) is 0 Å². The Morgan fingerprint density at radius 1 is 1.05 bits per heavy atom. The van der Waals surface area contributed by atoms with Crippen molar-refractivity contribution in [3.05, 3.63) is 65.2 Å². The molecule has 1 heterocycles. The molecule has 0 radical (unpaired) electrons. The highest BCUT2D eigenvalue weighted by Crippen LogP contribution is 2.32. The number of hydrogen-bond acceptors (Lipinski definition) is 2. The van der Waals surface area contributed by atoms with E-state index < -0.39 is 0 Å². The van der Waals surface area contributed by atoms with Crippen molar-refractivity contribution in [1.82, 2.24) is 5.32 Å². The zero-order valence-electron chi connectivity index (χ0n) is 11.3. The lowest BCUT2D eigenvalue weighted by atomic mass is 9.95. The predicted molar refractivity (Wildman–Crippen MR) is 82.2 cm³/mol. The molecule has 0 spiro atoms. The topological polar surface area (TPSA) is 21.3 Å². The third kappa shape index (κ3) is 3.14. The Bertz CT molecular complexity index is 535.